The zero-order valence-electron chi connectivity index (χ0n) is 26.5. The van der Waals surface area contributed by atoms with Gasteiger partial charge in [-0.2, -0.15) is 0 Å². The molecule has 4 radical (unpaired) electrons. The number of rotatable bonds is 15. The third-order valence-corrected chi connectivity index (χ3v) is 10.8. The molecule has 234 valence electrons. The maximum absolute atomic E-state index is 13.7. The molecule has 0 unspecified atom stereocenters. The molecule has 1 aromatic heterocycles. The van der Waals surface area contributed by atoms with E-state index in [0.717, 1.165) is 41.5 Å². The lowest BCUT2D eigenvalue weighted by molar-refractivity contribution is 0.596. The van der Waals surface area contributed by atoms with E-state index in [9.17, 15) is 8.42 Å². The third-order valence-electron chi connectivity index (χ3n) is 8.49. The Labute approximate surface area is 281 Å². The van der Waals surface area contributed by atoms with Gasteiger partial charge in [0.15, 0.2) is 9.84 Å². The monoisotopic (exact) mass is 643 g/mol. The van der Waals surface area contributed by atoms with Crippen molar-refractivity contribution >= 4 is 28.3 Å². The van der Waals surface area contributed by atoms with Gasteiger partial charge in [-0.1, -0.05) is 142 Å². The molecule has 1 aliphatic rings. The topological polar surface area (TPSA) is 39.1 Å². The number of hydrogen-bond donors (Lipinski definition) is 0. The summed E-state index contributed by atoms with van der Waals surface area (Å²) in [7, 11) is -3.59. The molecule has 0 atom stereocenters. The maximum atomic E-state index is 13.7. The fourth-order valence-corrected chi connectivity index (χ4v) is 7.72. The van der Waals surface area contributed by atoms with E-state index in [2.05, 4.69) is 68.0 Å². The van der Waals surface area contributed by atoms with Crippen LogP contribution < -0.4 is 0 Å². The molecule has 1 heterocycles. The average molecular weight is 644 g/mol. The predicted molar refractivity (Wildman–Crippen MR) is 195 cm³/mol. The SMILES string of the molecule is C=Cn1cc(-c2ccccc2CCCCCCCc2ccccc2)c(=S)c(-c2cccc(CC3=CC=C[C][C]3)c2S(=O)(=O)CC)c1. The van der Waals surface area contributed by atoms with Crippen LogP contribution in [0.15, 0.2) is 120 Å². The van der Waals surface area contributed by atoms with Crippen LogP contribution in [-0.4, -0.2) is 18.7 Å². The first kappa shape index (κ1) is 33.6. The van der Waals surface area contributed by atoms with E-state index in [1.165, 1.54) is 36.8 Å². The Hall–Kier alpha value is -3.80. The fraction of sp³-hybridized carbons (Fsp3) is 0.244. The van der Waals surface area contributed by atoms with Crippen LogP contribution in [0.1, 0.15) is 55.7 Å². The molecule has 46 heavy (non-hydrogen) atoms. The lowest BCUT2D eigenvalue weighted by atomic mass is 9.93. The normalized spacial score (nSPS) is 13.0. The van der Waals surface area contributed by atoms with Crippen LogP contribution in [0.25, 0.3) is 28.5 Å². The number of hydrogen-bond acceptors (Lipinski definition) is 3. The second kappa shape index (κ2) is 16.2. The van der Waals surface area contributed by atoms with E-state index in [1.54, 1.807) is 19.2 Å². The van der Waals surface area contributed by atoms with E-state index in [4.69, 9.17) is 12.2 Å². The highest BCUT2D eigenvalue weighted by Crippen LogP contribution is 2.37. The van der Waals surface area contributed by atoms with Crippen molar-refractivity contribution < 1.29 is 8.42 Å². The molecular formula is C41H41NO2S2. The number of pyridine rings is 1. The molecule has 0 saturated carbocycles. The van der Waals surface area contributed by atoms with Crippen molar-refractivity contribution in [2.75, 3.05) is 5.75 Å². The Balaban J connectivity index is 1.43. The average Bonchev–Trinajstić information content (AvgIpc) is 3.09. The highest BCUT2D eigenvalue weighted by molar-refractivity contribution is 7.91. The lowest BCUT2D eigenvalue weighted by Gasteiger charge is -2.19. The second-order valence-electron chi connectivity index (χ2n) is 11.6. The Morgan fingerprint density at radius 1 is 0.783 bits per heavy atom. The number of sulfone groups is 1. The van der Waals surface area contributed by atoms with Crippen LogP contribution in [0, 0.1) is 17.4 Å². The zero-order valence-corrected chi connectivity index (χ0v) is 28.2. The highest BCUT2D eigenvalue weighted by atomic mass is 32.2. The largest absolute Gasteiger partial charge is 0.330 e. The first-order chi connectivity index (χ1) is 22.4. The van der Waals surface area contributed by atoms with Crippen molar-refractivity contribution in [3.63, 3.8) is 0 Å². The van der Waals surface area contributed by atoms with Crippen molar-refractivity contribution in [1.29, 1.82) is 0 Å². The molecule has 5 rings (SSSR count). The molecule has 0 N–H and O–H groups in total. The van der Waals surface area contributed by atoms with Gasteiger partial charge in [0.05, 0.1) is 15.2 Å². The third kappa shape index (κ3) is 8.31. The van der Waals surface area contributed by atoms with Crippen LogP contribution in [-0.2, 0) is 29.1 Å². The Morgan fingerprint density at radius 3 is 2.15 bits per heavy atom. The van der Waals surface area contributed by atoms with Gasteiger partial charge in [-0.15, -0.1) is 0 Å². The number of nitrogens with zero attached hydrogens (tertiary/aromatic N) is 1. The van der Waals surface area contributed by atoms with Gasteiger partial charge in [-0.3, -0.25) is 0 Å². The van der Waals surface area contributed by atoms with E-state index >= 15 is 0 Å². The first-order valence-electron chi connectivity index (χ1n) is 16.1. The van der Waals surface area contributed by atoms with Gasteiger partial charge in [-0.25, -0.2) is 8.42 Å². The van der Waals surface area contributed by atoms with Crippen molar-refractivity contribution in [2.24, 2.45) is 0 Å². The quantitative estimate of drug-likeness (QED) is 0.0956. The van der Waals surface area contributed by atoms with E-state index in [1.807, 2.05) is 53.4 Å². The summed E-state index contributed by atoms with van der Waals surface area (Å²) in [5.74, 6) is -0.00928. The van der Waals surface area contributed by atoms with Gasteiger partial charge in [0.25, 0.3) is 0 Å². The van der Waals surface area contributed by atoms with Crippen LogP contribution in [0.3, 0.4) is 0 Å². The van der Waals surface area contributed by atoms with E-state index < -0.39 is 9.84 Å². The van der Waals surface area contributed by atoms with Gasteiger partial charge in [-0.05, 0) is 54.4 Å². The Kier molecular flexibility index (Phi) is 11.8. The van der Waals surface area contributed by atoms with Crippen LogP contribution in [0.2, 0.25) is 0 Å². The van der Waals surface area contributed by atoms with Crippen LogP contribution in [0.4, 0.5) is 0 Å². The number of aromatic nitrogens is 1. The summed E-state index contributed by atoms with van der Waals surface area (Å²) in [6, 6.07) is 24.8. The minimum Gasteiger partial charge on any atom is -0.330 e. The van der Waals surface area contributed by atoms with Gasteiger partial charge >= 0.3 is 0 Å². The highest BCUT2D eigenvalue weighted by Gasteiger charge is 2.24. The lowest BCUT2D eigenvalue weighted by Crippen LogP contribution is -2.11. The van der Waals surface area contributed by atoms with Gasteiger partial charge in [0.1, 0.15) is 0 Å². The van der Waals surface area contributed by atoms with Crippen molar-refractivity contribution in [3.05, 3.63) is 150 Å². The van der Waals surface area contributed by atoms with Crippen molar-refractivity contribution in [2.45, 2.75) is 63.2 Å². The van der Waals surface area contributed by atoms with Crippen LogP contribution in [0.5, 0.6) is 0 Å². The number of benzene rings is 3. The number of allylic oxidation sites excluding steroid dienone is 4. The van der Waals surface area contributed by atoms with Crippen LogP contribution >= 0.6 is 12.2 Å². The minimum atomic E-state index is -3.59. The molecule has 0 saturated heterocycles. The number of aryl methyl sites for hydroxylation is 2. The molecule has 0 aliphatic heterocycles. The molecule has 0 spiro atoms. The van der Waals surface area contributed by atoms with E-state index in [-0.39, 0.29) is 5.75 Å². The molecule has 0 amide bonds. The Bertz CT molecular complexity index is 1880. The van der Waals surface area contributed by atoms with Crippen molar-refractivity contribution in [1.82, 2.24) is 4.57 Å². The molecule has 1 aliphatic carbocycles. The second-order valence-corrected chi connectivity index (χ2v) is 14.3. The summed E-state index contributed by atoms with van der Waals surface area (Å²) in [5.41, 5.74) is 7.58. The summed E-state index contributed by atoms with van der Waals surface area (Å²) < 4.78 is 29.9. The summed E-state index contributed by atoms with van der Waals surface area (Å²) in [4.78, 5) is 0.328. The molecule has 5 heteroatoms. The number of unbranched alkanes of at least 4 members (excludes halogenated alkanes) is 4. The summed E-state index contributed by atoms with van der Waals surface area (Å²) >= 11 is 6.18. The van der Waals surface area contributed by atoms with Crippen molar-refractivity contribution in [3.8, 4) is 22.3 Å². The standard InChI is InChI=1S/C41H41NO2S2/c1-3-42-30-38(36-27-17-16-25-34(36)24-15-7-5-6-10-19-32-20-11-8-12-21-32)40(45)39(31-42)37-28-18-26-35(41(37)46(43,44)4-2)29-33-22-13-9-14-23-33/h3,8-9,11-13,16-18,20-22,25-28,30-31H,1,4-7,10,15,19,24,29H2,2H3. The first-order valence-corrected chi connectivity index (χ1v) is 18.2. The summed E-state index contributed by atoms with van der Waals surface area (Å²) in [6.07, 6.45) is 25.8. The molecule has 0 fully saturated rings. The smallest absolute Gasteiger partial charge is 0.179 e. The fourth-order valence-electron chi connectivity index (χ4n) is 6.05. The van der Waals surface area contributed by atoms with Gasteiger partial charge in [0, 0.05) is 48.1 Å². The molecule has 0 bridgehead atoms. The molecular weight excluding hydrogens is 603 g/mol. The summed E-state index contributed by atoms with van der Waals surface area (Å²) in [5, 5.41) is 0. The van der Waals surface area contributed by atoms with Gasteiger partial charge in [0.2, 0.25) is 0 Å². The molecule has 4 aromatic rings. The summed E-state index contributed by atoms with van der Waals surface area (Å²) in [6.45, 7) is 5.71. The van der Waals surface area contributed by atoms with Gasteiger partial charge < -0.3 is 4.57 Å². The maximum Gasteiger partial charge on any atom is 0.179 e. The predicted octanol–water partition coefficient (Wildman–Crippen LogP) is 10.4. The minimum absolute atomic E-state index is 0.00928. The Morgan fingerprint density at radius 2 is 1.43 bits per heavy atom. The van der Waals surface area contributed by atoms with E-state index in [0.29, 0.717) is 27.0 Å². The molecule has 3 aromatic carbocycles. The molecule has 3 nitrogen and oxygen atoms in total. The zero-order chi connectivity index (χ0) is 32.4.